The first-order chi connectivity index (χ1) is 10.3. The van der Waals surface area contributed by atoms with Crippen molar-refractivity contribution in [3.63, 3.8) is 0 Å². The topological polar surface area (TPSA) is 65.7 Å². The molecule has 8 heteroatoms. The maximum atomic E-state index is 5.64. The van der Waals surface area contributed by atoms with Crippen LogP contribution in [0.3, 0.4) is 0 Å². The number of hydrogen-bond acceptors (Lipinski definition) is 7. The Morgan fingerprint density at radius 1 is 1.52 bits per heavy atom. The lowest BCUT2D eigenvalue weighted by Crippen LogP contribution is -2.16. The Morgan fingerprint density at radius 2 is 2.48 bits per heavy atom. The molecule has 6 nitrogen and oxygen atoms in total. The van der Waals surface area contributed by atoms with Gasteiger partial charge < -0.3 is 4.74 Å². The first-order valence-electron chi connectivity index (χ1n) is 7.29. The van der Waals surface area contributed by atoms with Crippen molar-refractivity contribution in [3.8, 4) is 0 Å². The van der Waals surface area contributed by atoms with Crippen LogP contribution in [0, 0.1) is 0 Å². The minimum Gasteiger partial charge on any atom is -0.376 e. The zero-order chi connectivity index (χ0) is 14.5. The Hall–Kier alpha value is -0.990. The van der Waals surface area contributed by atoms with E-state index in [1.54, 1.807) is 23.1 Å². The Bertz CT molecular complexity index is 564. The fourth-order valence-corrected chi connectivity index (χ4v) is 4.06. The van der Waals surface area contributed by atoms with Crippen LogP contribution in [0.2, 0.25) is 0 Å². The van der Waals surface area contributed by atoms with Gasteiger partial charge in [-0.3, -0.25) is 0 Å². The molecule has 1 atom stereocenters. The van der Waals surface area contributed by atoms with Gasteiger partial charge in [0.2, 0.25) is 5.16 Å². The van der Waals surface area contributed by atoms with Crippen molar-refractivity contribution in [1.29, 1.82) is 0 Å². The highest BCUT2D eigenvalue weighted by Gasteiger charge is 2.19. The minimum atomic E-state index is 0.253. The SMILES string of the molecule is CCCc1nc(CSc2nnnn2CC2CCCO2)cs1. The minimum absolute atomic E-state index is 0.253. The average Bonchev–Trinajstić information content (AvgIpc) is 3.20. The number of thiazole rings is 1. The largest absolute Gasteiger partial charge is 0.376 e. The summed E-state index contributed by atoms with van der Waals surface area (Å²) in [6.45, 7) is 3.77. The summed E-state index contributed by atoms with van der Waals surface area (Å²) in [6.07, 6.45) is 4.68. The number of tetrazole rings is 1. The standard InChI is InChI=1S/C13H19N5OS2/c1-2-4-12-14-10(8-20-12)9-21-13-15-16-17-18(13)7-11-5-3-6-19-11/h8,11H,2-7,9H2,1H3. The maximum Gasteiger partial charge on any atom is 0.209 e. The summed E-state index contributed by atoms with van der Waals surface area (Å²) in [6, 6.07) is 0. The molecular formula is C13H19N5OS2. The smallest absolute Gasteiger partial charge is 0.209 e. The van der Waals surface area contributed by atoms with Gasteiger partial charge in [-0.05, 0) is 36.1 Å². The van der Waals surface area contributed by atoms with Gasteiger partial charge in [0.05, 0.1) is 23.4 Å². The molecule has 0 aromatic carbocycles. The van der Waals surface area contributed by atoms with E-state index in [9.17, 15) is 0 Å². The molecule has 0 spiro atoms. The van der Waals surface area contributed by atoms with Gasteiger partial charge in [0.15, 0.2) is 0 Å². The highest BCUT2D eigenvalue weighted by Crippen LogP contribution is 2.23. The average molecular weight is 325 g/mol. The maximum absolute atomic E-state index is 5.64. The summed E-state index contributed by atoms with van der Waals surface area (Å²) >= 11 is 3.38. The normalized spacial score (nSPS) is 18.4. The molecule has 2 aromatic heterocycles. The summed E-state index contributed by atoms with van der Waals surface area (Å²) in [4.78, 5) is 4.63. The Morgan fingerprint density at radius 3 is 3.29 bits per heavy atom. The van der Waals surface area contributed by atoms with Crippen LogP contribution in [0.4, 0.5) is 0 Å². The molecule has 1 saturated heterocycles. The third kappa shape index (κ3) is 4.02. The number of ether oxygens (including phenoxy) is 1. The lowest BCUT2D eigenvalue weighted by atomic mass is 10.2. The molecule has 1 aliphatic heterocycles. The highest BCUT2D eigenvalue weighted by molar-refractivity contribution is 7.98. The van der Waals surface area contributed by atoms with Gasteiger partial charge in [0.1, 0.15) is 0 Å². The van der Waals surface area contributed by atoms with Crippen LogP contribution >= 0.6 is 23.1 Å². The Labute approximate surface area is 132 Å². The summed E-state index contributed by atoms with van der Waals surface area (Å²) in [5, 5.41) is 16.1. The van der Waals surface area contributed by atoms with Crippen molar-refractivity contribution in [1.82, 2.24) is 25.2 Å². The third-order valence-electron chi connectivity index (χ3n) is 3.31. The lowest BCUT2D eigenvalue weighted by Gasteiger charge is -2.09. The predicted octanol–water partition coefficient (Wildman–Crippen LogP) is 2.55. The number of nitrogens with zero attached hydrogens (tertiary/aromatic N) is 5. The molecule has 1 fully saturated rings. The predicted molar refractivity (Wildman–Crippen MR) is 82.5 cm³/mol. The summed E-state index contributed by atoms with van der Waals surface area (Å²) in [5.74, 6) is 0.812. The molecule has 0 saturated carbocycles. The van der Waals surface area contributed by atoms with E-state index in [2.05, 4.69) is 32.8 Å². The number of thioether (sulfide) groups is 1. The van der Waals surface area contributed by atoms with E-state index < -0.39 is 0 Å². The second-order valence-corrected chi connectivity index (χ2v) is 6.94. The van der Waals surface area contributed by atoms with Crippen LogP contribution in [0.15, 0.2) is 10.5 Å². The van der Waals surface area contributed by atoms with Gasteiger partial charge in [0, 0.05) is 17.7 Å². The van der Waals surface area contributed by atoms with Crippen LogP contribution in [-0.2, 0) is 23.5 Å². The third-order valence-corrected chi connectivity index (χ3v) is 5.26. The molecule has 3 rings (SSSR count). The second-order valence-electron chi connectivity index (χ2n) is 5.05. The summed E-state index contributed by atoms with van der Waals surface area (Å²) in [5.41, 5.74) is 1.11. The van der Waals surface area contributed by atoms with E-state index in [1.807, 2.05) is 4.68 Å². The fraction of sp³-hybridized carbons (Fsp3) is 0.692. The van der Waals surface area contributed by atoms with Gasteiger partial charge in [-0.15, -0.1) is 16.4 Å². The van der Waals surface area contributed by atoms with E-state index in [4.69, 9.17) is 4.74 Å². The Balaban J connectivity index is 1.55. The van der Waals surface area contributed by atoms with E-state index >= 15 is 0 Å². The number of aromatic nitrogens is 5. The molecule has 0 aliphatic carbocycles. The molecule has 0 amide bonds. The monoisotopic (exact) mass is 325 g/mol. The van der Waals surface area contributed by atoms with Gasteiger partial charge in [0.25, 0.3) is 0 Å². The highest BCUT2D eigenvalue weighted by atomic mass is 32.2. The van der Waals surface area contributed by atoms with E-state index in [1.165, 1.54) is 5.01 Å². The zero-order valence-electron chi connectivity index (χ0n) is 12.1. The first-order valence-corrected chi connectivity index (χ1v) is 9.15. The zero-order valence-corrected chi connectivity index (χ0v) is 13.7. The van der Waals surface area contributed by atoms with Crippen LogP contribution in [0.5, 0.6) is 0 Å². The number of aryl methyl sites for hydroxylation is 1. The Kier molecular flexibility index (Phi) is 5.21. The molecule has 1 aliphatic rings. The molecule has 0 bridgehead atoms. The molecular weight excluding hydrogens is 306 g/mol. The van der Waals surface area contributed by atoms with Gasteiger partial charge in [-0.2, -0.15) is 0 Å². The lowest BCUT2D eigenvalue weighted by molar-refractivity contribution is 0.0912. The molecule has 114 valence electrons. The molecule has 0 radical (unpaired) electrons. The van der Waals surface area contributed by atoms with Crippen molar-refractivity contribution < 1.29 is 4.74 Å². The van der Waals surface area contributed by atoms with E-state index in [0.29, 0.717) is 0 Å². The van der Waals surface area contributed by atoms with Gasteiger partial charge in [-0.25, -0.2) is 9.67 Å². The van der Waals surface area contributed by atoms with Crippen molar-refractivity contribution in [2.75, 3.05) is 6.61 Å². The van der Waals surface area contributed by atoms with Crippen LogP contribution < -0.4 is 0 Å². The molecule has 21 heavy (non-hydrogen) atoms. The van der Waals surface area contributed by atoms with Crippen molar-refractivity contribution in [3.05, 3.63) is 16.1 Å². The van der Waals surface area contributed by atoms with E-state index in [-0.39, 0.29) is 6.10 Å². The van der Waals surface area contributed by atoms with Crippen LogP contribution in [0.1, 0.15) is 36.9 Å². The van der Waals surface area contributed by atoms with Crippen molar-refractivity contribution in [2.24, 2.45) is 0 Å². The van der Waals surface area contributed by atoms with E-state index in [0.717, 1.165) is 55.4 Å². The van der Waals surface area contributed by atoms with Crippen LogP contribution in [0.25, 0.3) is 0 Å². The van der Waals surface area contributed by atoms with Crippen LogP contribution in [-0.4, -0.2) is 37.9 Å². The number of rotatable bonds is 7. The van der Waals surface area contributed by atoms with Gasteiger partial charge in [-0.1, -0.05) is 18.7 Å². The number of hydrogen-bond donors (Lipinski definition) is 0. The second kappa shape index (κ2) is 7.33. The molecule has 2 aromatic rings. The summed E-state index contributed by atoms with van der Waals surface area (Å²) in [7, 11) is 0. The summed E-state index contributed by atoms with van der Waals surface area (Å²) < 4.78 is 7.49. The molecule has 1 unspecified atom stereocenters. The quantitative estimate of drug-likeness (QED) is 0.729. The fourth-order valence-electron chi connectivity index (χ4n) is 2.28. The molecule has 3 heterocycles. The molecule has 0 N–H and O–H groups in total. The van der Waals surface area contributed by atoms with Crippen molar-refractivity contribution >= 4 is 23.1 Å². The van der Waals surface area contributed by atoms with Crippen molar-refractivity contribution in [2.45, 2.75) is 56.2 Å². The first kappa shape index (κ1) is 14.9. The van der Waals surface area contributed by atoms with Gasteiger partial charge >= 0.3 is 0 Å².